The van der Waals surface area contributed by atoms with Gasteiger partial charge in [-0.15, -0.1) is 0 Å². The number of aromatic nitrogens is 1. The van der Waals surface area contributed by atoms with Crippen LogP contribution in [0, 0.1) is 5.82 Å². The summed E-state index contributed by atoms with van der Waals surface area (Å²) in [6.07, 6.45) is 2.10. The predicted octanol–water partition coefficient (Wildman–Crippen LogP) is 2.39. The normalized spacial score (nSPS) is 18.4. The number of rotatable bonds is 7. The highest BCUT2D eigenvalue weighted by Crippen LogP contribution is 2.37. The average molecular weight is 431 g/mol. The van der Waals surface area contributed by atoms with Crippen molar-refractivity contribution in [1.82, 2.24) is 4.98 Å². The Morgan fingerprint density at radius 1 is 1.33 bits per heavy atom. The Morgan fingerprint density at radius 3 is 2.80 bits per heavy atom. The Kier molecular flexibility index (Phi) is 6.56. The van der Waals surface area contributed by atoms with E-state index < -0.39 is 23.2 Å². The van der Waals surface area contributed by atoms with Gasteiger partial charge in [-0.2, -0.15) is 0 Å². The van der Waals surface area contributed by atoms with Gasteiger partial charge < -0.3 is 21.5 Å². The minimum Gasteiger partial charge on any atom is -0.491 e. The van der Waals surface area contributed by atoms with Crippen LogP contribution in [0.5, 0.6) is 5.75 Å². The van der Waals surface area contributed by atoms with Crippen LogP contribution in [-0.4, -0.2) is 34.3 Å². The van der Waals surface area contributed by atoms with Gasteiger partial charge in [-0.3, -0.25) is 14.6 Å². The number of aliphatic imine (C=N–C) groups is 1. The Hall–Kier alpha value is -3.14. The van der Waals surface area contributed by atoms with Gasteiger partial charge in [-0.05, 0) is 43.7 Å². The van der Waals surface area contributed by atoms with Gasteiger partial charge in [0.2, 0.25) is 5.91 Å². The molecule has 2 heterocycles. The summed E-state index contributed by atoms with van der Waals surface area (Å²) in [5.74, 6) is -0.181. The van der Waals surface area contributed by atoms with E-state index in [2.05, 4.69) is 15.3 Å². The fourth-order valence-electron chi connectivity index (χ4n) is 2.96. The fourth-order valence-corrected chi connectivity index (χ4v) is 3.94. The van der Waals surface area contributed by atoms with Crippen molar-refractivity contribution in [2.24, 2.45) is 16.5 Å². The number of hydrogen-bond donors (Lipinski definition) is 3. The summed E-state index contributed by atoms with van der Waals surface area (Å²) >= 11 is 1.43. The first-order valence-corrected chi connectivity index (χ1v) is 10.2. The number of benzene rings is 1. The average Bonchev–Trinajstić information content (AvgIpc) is 2.69. The van der Waals surface area contributed by atoms with Crippen molar-refractivity contribution < 1.29 is 18.7 Å². The van der Waals surface area contributed by atoms with Crippen LogP contribution in [0.3, 0.4) is 0 Å². The number of amidine groups is 1. The monoisotopic (exact) mass is 431 g/mol. The first-order valence-electron chi connectivity index (χ1n) is 9.23. The number of nitrogens with one attached hydrogen (secondary N) is 1. The third-order valence-electron chi connectivity index (χ3n) is 4.59. The maximum absolute atomic E-state index is 14.5. The molecule has 8 nitrogen and oxygen atoms in total. The van der Waals surface area contributed by atoms with Gasteiger partial charge in [0.05, 0.1) is 24.8 Å². The molecule has 5 N–H and O–H groups in total. The number of halogens is 1. The second kappa shape index (κ2) is 9.12. The van der Waals surface area contributed by atoms with Gasteiger partial charge in [0, 0.05) is 17.0 Å². The van der Waals surface area contributed by atoms with Gasteiger partial charge >= 0.3 is 0 Å². The summed E-state index contributed by atoms with van der Waals surface area (Å²) in [7, 11) is 0. The van der Waals surface area contributed by atoms with Gasteiger partial charge in [-0.25, -0.2) is 9.37 Å². The number of anilines is 1. The number of pyridine rings is 1. The van der Waals surface area contributed by atoms with Gasteiger partial charge in [-0.1, -0.05) is 11.8 Å². The van der Waals surface area contributed by atoms with Crippen LogP contribution >= 0.6 is 11.8 Å². The van der Waals surface area contributed by atoms with E-state index in [1.54, 1.807) is 12.1 Å². The predicted molar refractivity (Wildman–Crippen MR) is 114 cm³/mol. The third kappa shape index (κ3) is 5.26. The minimum atomic E-state index is -0.789. The van der Waals surface area contributed by atoms with Gasteiger partial charge in [0.1, 0.15) is 17.3 Å². The van der Waals surface area contributed by atoms with Crippen molar-refractivity contribution in [1.29, 1.82) is 0 Å². The molecular formula is C20H22FN5O3S. The first-order chi connectivity index (χ1) is 14.3. The fraction of sp³-hybridized carbons (Fsp3) is 0.300. The molecule has 158 valence electrons. The molecule has 1 aromatic heterocycles. The summed E-state index contributed by atoms with van der Waals surface area (Å²) in [4.78, 5) is 31.7. The largest absolute Gasteiger partial charge is 0.491 e. The van der Waals surface area contributed by atoms with Gasteiger partial charge in [0.15, 0.2) is 5.17 Å². The van der Waals surface area contributed by atoms with E-state index >= 15 is 0 Å². The van der Waals surface area contributed by atoms with E-state index in [9.17, 15) is 14.0 Å². The highest BCUT2D eigenvalue weighted by atomic mass is 32.2. The zero-order valence-electron chi connectivity index (χ0n) is 16.4. The van der Waals surface area contributed by atoms with Crippen molar-refractivity contribution in [3.8, 4) is 5.75 Å². The molecular weight excluding hydrogens is 409 g/mol. The number of hydrogen-bond acceptors (Lipinski definition) is 7. The minimum absolute atomic E-state index is 0.0858. The van der Waals surface area contributed by atoms with Crippen molar-refractivity contribution in [2.75, 3.05) is 17.7 Å². The van der Waals surface area contributed by atoms with Crippen LogP contribution in [0.2, 0.25) is 0 Å². The molecule has 0 spiro atoms. The number of thioether (sulfide) groups is 1. The number of carbonyl (C=O) groups excluding carboxylic acids is 2. The van der Waals surface area contributed by atoms with E-state index in [0.29, 0.717) is 28.6 Å². The van der Waals surface area contributed by atoms with Crippen LogP contribution in [0.1, 0.15) is 35.8 Å². The Labute approximate surface area is 177 Å². The smallest absolute Gasteiger partial charge is 0.274 e. The van der Waals surface area contributed by atoms with E-state index in [1.165, 1.54) is 36.2 Å². The van der Waals surface area contributed by atoms with Gasteiger partial charge in [0.25, 0.3) is 5.91 Å². The van der Waals surface area contributed by atoms with Crippen molar-refractivity contribution in [2.45, 2.75) is 25.3 Å². The number of ether oxygens (including phenoxy) is 1. The molecule has 0 saturated heterocycles. The molecule has 0 radical (unpaired) electrons. The molecule has 30 heavy (non-hydrogen) atoms. The molecule has 1 aliphatic rings. The standard InChI is InChI=1S/C20H22FN5O3S/c1-20(7-9-30-19(23)26-20)14-10-12(2-4-15(14)21)25-18(28)16-5-3-13(11-24-16)29-8-6-17(22)27/h2-5,10-11H,6-9H2,1H3,(H2,22,27)(H2,23,26)(H,25,28)/t20-/m0/s1. The second-order valence-electron chi connectivity index (χ2n) is 6.92. The number of amides is 2. The molecule has 0 saturated carbocycles. The molecule has 2 aromatic rings. The first kappa shape index (κ1) is 21.6. The molecule has 10 heteroatoms. The summed E-state index contributed by atoms with van der Waals surface area (Å²) in [5, 5.41) is 3.13. The summed E-state index contributed by atoms with van der Waals surface area (Å²) < 4.78 is 19.8. The Morgan fingerprint density at radius 2 is 2.13 bits per heavy atom. The van der Waals surface area contributed by atoms with Crippen molar-refractivity contribution in [3.63, 3.8) is 0 Å². The van der Waals surface area contributed by atoms with E-state index in [0.717, 1.165) is 5.75 Å². The lowest BCUT2D eigenvalue weighted by Crippen LogP contribution is -2.29. The maximum atomic E-state index is 14.5. The molecule has 0 bridgehead atoms. The Balaban J connectivity index is 1.71. The second-order valence-corrected chi connectivity index (χ2v) is 8.03. The maximum Gasteiger partial charge on any atom is 0.274 e. The molecule has 1 atom stereocenters. The Bertz CT molecular complexity index is 983. The molecule has 1 aromatic carbocycles. The quantitative estimate of drug-likeness (QED) is 0.617. The third-order valence-corrected chi connectivity index (χ3v) is 5.38. The topological polar surface area (TPSA) is 133 Å². The number of primary amides is 1. The number of nitrogens with two attached hydrogens (primary N) is 2. The highest BCUT2D eigenvalue weighted by Gasteiger charge is 2.32. The molecule has 0 aliphatic carbocycles. The molecule has 1 aliphatic heterocycles. The molecule has 0 fully saturated rings. The lowest BCUT2D eigenvalue weighted by Gasteiger charge is -2.30. The lowest BCUT2D eigenvalue weighted by molar-refractivity contribution is -0.118. The zero-order valence-corrected chi connectivity index (χ0v) is 17.2. The van der Waals surface area contributed by atoms with Crippen molar-refractivity contribution >= 4 is 34.4 Å². The van der Waals surface area contributed by atoms with Crippen LogP contribution < -0.4 is 21.5 Å². The van der Waals surface area contributed by atoms with Crippen LogP contribution in [0.25, 0.3) is 0 Å². The molecule has 3 rings (SSSR count). The number of carbonyl (C=O) groups is 2. The highest BCUT2D eigenvalue weighted by molar-refractivity contribution is 8.13. The molecule has 2 amide bonds. The van der Waals surface area contributed by atoms with Crippen LogP contribution in [0.15, 0.2) is 41.5 Å². The molecule has 0 unspecified atom stereocenters. The van der Waals surface area contributed by atoms with E-state index in [1.807, 2.05) is 6.92 Å². The number of nitrogens with zero attached hydrogens (tertiary/aromatic N) is 2. The summed E-state index contributed by atoms with van der Waals surface area (Å²) in [6.45, 7) is 1.95. The van der Waals surface area contributed by atoms with E-state index in [-0.39, 0.29) is 18.7 Å². The zero-order chi connectivity index (χ0) is 21.7. The van der Waals surface area contributed by atoms with Crippen LogP contribution in [-0.2, 0) is 10.3 Å². The SMILES string of the molecule is C[C@@]1(c2cc(NC(=O)c3ccc(OCCC(N)=O)cn3)ccc2F)CCSC(N)=N1. The summed E-state index contributed by atoms with van der Waals surface area (Å²) in [6, 6.07) is 7.40. The van der Waals surface area contributed by atoms with E-state index in [4.69, 9.17) is 16.2 Å². The van der Waals surface area contributed by atoms with Crippen LogP contribution in [0.4, 0.5) is 10.1 Å². The lowest BCUT2D eigenvalue weighted by atomic mass is 9.89. The van der Waals surface area contributed by atoms with Crippen molar-refractivity contribution in [3.05, 3.63) is 53.6 Å². The summed E-state index contributed by atoms with van der Waals surface area (Å²) in [5.41, 5.74) is 11.0.